The van der Waals surface area contributed by atoms with Crippen LogP contribution in [-0.2, 0) is 12.4 Å². The molecule has 0 aliphatic rings. The lowest BCUT2D eigenvalue weighted by molar-refractivity contribution is 0.628. The molecule has 0 N–H and O–H groups in total. The van der Waals surface area contributed by atoms with Crippen LogP contribution in [0.5, 0.6) is 0 Å². The average molecular weight is 296 g/mol. The first kappa shape index (κ1) is 12.6. The van der Waals surface area contributed by atoms with Crippen LogP contribution in [0.25, 0.3) is 11.0 Å². The van der Waals surface area contributed by atoms with Crippen LogP contribution >= 0.6 is 22.9 Å². The average Bonchev–Trinajstić information content (AvgIpc) is 2.95. The molecule has 6 heteroatoms. The Labute approximate surface area is 118 Å². The Balaban J connectivity index is 2.15. The molecule has 0 bridgehead atoms. The summed E-state index contributed by atoms with van der Waals surface area (Å²) in [5, 5.41) is 0. The Hall–Kier alpha value is -1.46. The number of fused-ring (bicyclic) bond motifs is 1. The molecule has 0 unspecified atom stereocenters. The van der Waals surface area contributed by atoms with E-state index in [4.69, 9.17) is 11.6 Å². The molecule has 0 spiro atoms. The summed E-state index contributed by atoms with van der Waals surface area (Å²) < 4.78 is 15.4. The van der Waals surface area contributed by atoms with Gasteiger partial charge in [-0.15, -0.1) is 22.9 Å². The quantitative estimate of drug-likeness (QED) is 0.689. The van der Waals surface area contributed by atoms with Crippen molar-refractivity contribution in [3.63, 3.8) is 0 Å². The van der Waals surface area contributed by atoms with Gasteiger partial charge in [0.15, 0.2) is 0 Å². The van der Waals surface area contributed by atoms with E-state index in [-0.39, 0.29) is 5.82 Å². The van der Waals surface area contributed by atoms with Crippen molar-refractivity contribution in [1.82, 2.24) is 14.5 Å². The van der Waals surface area contributed by atoms with Crippen LogP contribution in [0.4, 0.5) is 4.39 Å². The molecule has 3 aromatic rings. The van der Waals surface area contributed by atoms with E-state index in [1.807, 2.05) is 17.0 Å². The SMILES string of the molecule is Cc1ncsc1Cn1c(CCl)nc2ccc(F)cc21. The molecule has 3 nitrogen and oxygen atoms in total. The molecule has 1 aromatic carbocycles. The predicted molar refractivity (Wildman–Crippen MR) is 75.2 cm³/mol. The number of hydrogen-bond donors (Lipinski definition) is 0. The maximum atomic E-state index is 13.4. The number of benzene rings is 1. The van der Waals surface area contributed by atoms with Crippen molar-refractivity contribution in [1.29, 1.82) is 0 Å². The molecule has 3 rings (SSSR count). The van der Waals surface area contributed by atoms with Crippen molar-refractivity contribution in [3.05, 3.63) is 45.9 Å². The Morgan fingerprint density at radius 1 is 1.42 bits per heavy atom. The minimum Gasteiger partial charge on any atom is -0.321 e. The fourth-order valence-electron chi connectivity index (χ4n) is 2.05. The molecule has 0 radical (unpaired) electrons. The molecule has 0 atom stereocenters. The number of aromatic nitrogens is 3. The van der Waals surface area contributed by atoms with Crippen LogP contribution in [0.2, 0.25) is 0 Å². The highest BCUT2D eigenvalue weighted by Gasteiger charge is 2.13. The minimum atomic E-state index is -0.268. The first-order valence-electron chi connectivity index (χ1n) is 5.78. The number of imidazole rings is 1. The smallest absolute Gasteiger partial charge is 0.125 e. The summed E-state index contributed by atoms with van der Waals surface area (Å²) >= 11 is 7.52. The van der Waals surface area contributed by atoms with Gasteiger partial charge in [0.1, 0.15) is 11.6 Å². The first-order valence-corrected chi connectivity index (χ1v) is 7.20. The Bertz CT molecular complexity index is 735. The molecule has 0 aliphatic heterocycles. The van der Waals surface area contributed by atoms with Gasteiger partial charge >= 0.3 is 0 Å². The summed E-state index contributed by atoms with van der Waals surface area (Å²) in [6.07, 6.45) is 0. The van der Waals surface area contributed by atoms with Gasteiger partial charge in [0, 0.05) is 4.88 Å². The fraction of sp³-hybridized carbons (Fsp3) is 0.231. The normalized spacial score (nSPS) is 11.3. The van der Waals surface area contributed by atoms with Gasteiger partial charge in [-0.25, -0.2) is 14.4 Å². The predicted octanol–water partition coefficient (Wildman–Crippen LogP) is 3.73. The number of halogens is 2. The molecule has 19 heavy (non-hydrogen) atoms. The molecule has 98 valence electrons. The maximum absolute atomic E-state index is 13.4. The molecule has 2 aromatic heterocycles. The van der Waals surface area contributed by atoms with Crippen LogP contribution in [0.15, 0.2) is 23.7 Å². The summed E-state index contributed by atoms with van der Waals surface area (Å²) in [6.45, 7) is 2.59. The molecular weight excluding hydrogens is 285 g/mol. The third-order valence-electron chi connectivity index (χ3n) is 3.06. The topological polar surface area (TPSA) is 30.7 Å². The second-order valence-corrected chi connectivity index (χ2v) is 5.45. The van der Waals surface area contributed by atoms with Gasteiger partial charge in [0.25, 0.3) is 0 Å². The highest BCUT2D eigenvalue weighted by atomic mass is 35.5. The number of alkyl halides is 1. The maximum Gasteiger partial charge on any atom is 0.125 e. The van der Waals surface area contributed by atoms with Crippen molar-refractivity contribution < 1.29 is 4.39 Å². The van der Waals surface area contributed by atoms with Gasteiger partial charge in [-0.3, -0.25) is 0 Å². The zero-order valence-electron chi connectivity index (χ0n) is 10.2. The lowest BCUT2D eigenvalue weighted by atomic mass is 10.3. The van der Waals surface area contributed by atoms with E-state index in [9.17, 15) is 4.39 Å². The summed E-state index contributed by atoms with van der Waals surface area (Å²) in [7, 11) is 0. The number of rotatable bonds is 3. The monoisotopic (exact) mass is 295 g/mol. The van der Waals surface area contributed by atoms with Crippen LogP contribution in [0.1, 0.15) is 16.4 Å². The van der Waals surface area contributed by atoms with Crippen molar-refractivity contribution in [3.8, 4) is 0 Å². The Morgan fingerprint density at radius 2 is 2.26 bits per heavy atom. The van der Waals surface area contributed by atoms with Crippen molar-refractivity contribution in [2.24, 2.45) is 0 Å². The summed E-state index contributed by atoms with van der Waals surface area (Å²) in [5.41, 5.74) is 4.33. The summed E-state index contributed by atoms with van der Waals surface area (Å²) in [4.78, 5) is 9.79. The van der Waals surface area contributed by atoms with Crippen LogP contribution < -0.4 is 0 Å². The van der Waals surface area contributed by atoms with E-state index in [2.05, 4.69) is 9.97 Å². The van der Waals surface area contributed by atoms with Crippen molar-refractivity contribution >= 4 is 34.0 Å². The third-order valence-corrected chi connectivity index (χ3v) is 4.21. The van der Waals surface area contributed by atoms with Gasteiger partial charge in [-0.1, -0.05) is 0 Å². The fourth-order valence-corrected chi connectivity index (χ4v) is 3.01. The zero-order chi connectivity index (χ0) is 13.4. The van der Waals surface area contributed by atoms with Gasteiger partial charge in [0.05, 0.1) is 34.7 Å². The first-order chi connectivity index (χ1) is 9.19. The van der Waals surface area contributed by atoms with Gasteiger partial charge in [-0.05, 0) is 25.1 Å². The molecule has 0 fully saturated rings. The molecule has 0 amide bonds. The van der Waals surface area contributed by atoms with Crippen LogP contribution in [0.3, 0.4) is 0 Å². The second-order valence-electron chi connectivity index (χ2n) is 4.24. The van der Waals surface area contributed by atoms with Crippen molar-refractivity contribution in [2.45, 2.75) is 19.3 Å². The van der Waals surface area contributed by atoms with E-state index < -0.39 is 0 Å². The summed E-state index contributed by atoms with van der Waals surface area (Å²) in [5.74, 6) is 0.777. The molecule has 0 aliphatic carbocycles. The number of thiazole rings is 1. The lowest BCUT2D eigenvalue weighted by Gasteiger charge is -2.06. The zero-order valence-corrected chi connectivity index (χ0v) is 11.8. The third kappa shape index (κ3) is 2.24. The van der Waals surface area contributed by atoms with Gasteiger partial charge in [-0.2, -0.15) is 0 Å². The van der Waals surface area contributed by atoms with E-state index in [1.165, 1.54) is 12.1 Å². The Kier molecular flexibility index (Phi) is 3.24. The second kappa shape index (κ2) is 4.90. The van der Waals surface area contributed by atoms with E-state index >= 15 is 0 Å². The highest BCUT2D eigenvalue weighted by Crippen LogP contribution is 2.22. The molecule has 2 heterocycles. The lowest BCUT2D eigenvalue weighted by Crippen LogP contribution is -2.03. The minimum absolute atomic E-state index is 0.268. The van der Waals surface area contributed by atoms with Crippen molar-refractivity contribution in [2.75, 3.05) is 0 Å². The molecule has 0 saturated heterocycles. The summed E-state index contributed by atoms with van der Waals surface area (Å²) in [6, 6.07) is 4.58. The van der Waals surface area contributed by atoms with Gasteiger partial charge < -0.3 is 4.57 Å². The number of aryl methyl sites for hydroxylation is 1. The van der Waals surface area contributed by atoms with E-state index in [1.54, 1.807) is 17.4 Å². The van der Waals surface area contributed by atoms with E-state index in [0.717, 1.165) is 27.4 Å². The standard InChI is InChI=1S/C13H11ClFN3S/c1-8-12(19-7-16-8)6-18-11-4-9(15)2-3-10(11)17-13(18)5-14/h2-4,7H,5-6H2,1H3. The van der Waals surface area contributed by atoms with Crippen LogP contribution in [-0.4, -0.2) is 14.5 Å². The van der Waals surface area contributed by atoms with Gasteiger partial charge in [0.2, 0.25) is 0 Å². The largest absolute Gasteiger partial charge is 0.321 e. The van der Waals surface area contributed by atoms with Crippen LogP contribution in [0, 0.1) is 12.7 Å². The molecule has 0 saturated carbocycles. The number of nitrogens with zero attached hydrogens (tertiary/aromatic N) is 3. The van der Waals surface area contributed by atoms with E-state index in [0.29, 0.717) is 12.4 Å². The Morgan fingerprint density at radius 3 is 2.95 bits per heavy atom. The highest BCUT2D eigenvalue weighted by molar-refractivity contribution is 7.09. The number of hydrogen-bond acceptors (Lipinski definition) is 3. The molecular formula is C13H11ClFN3S.